The number of hydrogen-bond acceptors (Lipinski definition) is 11. The van der Waals surface area contributed by atoms with Crippen molar-refractivity contribution in [3.05, 3.63) is 134 Å². The van der Waals surface area contributed by atoms with Crippen molar-refractivity contribution in [2.24, 2.45) is 10.8 Å². The molecule has 71 heavy (non-hydrogen) atoms. The summed E-state index contributed by atoms with van der Waals surface area (Å²) < 4.78 is 103. The second-order valence-electron chi connectivity index (χ2n) is 18.4. The van der Waals surface area contributed by atoms with Gasteiger partial charge in [0, 0.05) is 76.5 Å². The van der Waals surface area contributed by atoms with Gasteiger partial charge in [0.15, 0.2) is 0 Å². The maximum absolute atomic E-state index is 13.9. The summed E-state index contributed by atoms with van der Waals surface area (Å²) in [5.74, 6) is -3.49. The smallest absolute Gasteiger partial charge is 0.316 e. The lowest BCUT2D eigenvalue weighted by Gasteiger charge is -2.35. The Balaban J connectivity index is 0.000000216. The van der Waals surface area contributed by atoms with Crippen LogP contribution in [0.1, 0.15) is 64.9 Å². The Morgan fingerprint density at radius 1 is 0.704 bits per heavy atom. The first kappa shape index (κ1) is 54.9. The van der Waals surface area contributed by atoms with Crippen molar-refractivity contribution in [2.75, 3.05) is 89.1 Å². The van der Waals surface area contributed by atoms with E-state index in [4.69, 9.17) is 21.4 Å². The molecule has 4 fully saturated rings. The Morgan fingerprint density at radius 2 is 1.20 bits per heavy atom. The number of alkyl halides is 1. The van der Waals surface area contributed by atoms with Gasteiger partial charge in [0.2, 0.25) is 15.8 Å². The van der Waals surface area contributed by atoms with Gasteiger partial charge in [-0.15, -0.1) is 0 Å². The van der Waals surface area contributed by atoms with Crippen LogP contribution in [0.4, 0.5) is 33.3 Å². The van der Waals surface area contributed by atoms with Crippen molar-refractivity contribution in [2.45, 2.75) is 65.0 Å². The average Bonchev–Trinajstić information content (AvgIpc) is 4.28. The minimum atomic E-state index is -3.55. The molecule has 0 bridgehead atoms. The lowest BCUT2D eigenvalue weighted by Crippen LogP contribution is -2.49. The highest BCUT2D eigenvalue weighted by Gasteiger charge is 2.43. The second-order valence-corrected chi connectivity index (χ2v) is 20.7. The molecule has 2 aliphatic carbocycles. The molecule has 9 rings (SSSR count). The zero-order valence-corrected chi connectivity index (χ0v) is 40.8. The summed E-state index contributed by atoms with van der Waals surface area (Å²) in [6.45, 7) is 6.32. The lowest BCUT2D eigenvalue weighted by molar-refractivity contribution is 0.236. The fourth-order valence-corrected chi connectivity index (χ4v) is 10.2. The van der Waals surface area contributed by atoms with E-state index in [1.54, 1.807) is 29.2 Å². The lowest BCUT2D eigenvalue weighted by atomic mass is 10.0. The van der Waals surface area contributed by atoms with Crippen molar-refractivity contribution in [3.63, 3.8) is 0 Å². The van der Waals surface area contributed by atoms with E-state index in [9.17, 15) is 40.0 Å². The van der Waals surface area contributed by atoms with Gasteiger partial charge in [-0.3, -0.25) is 14.0 Å². The molecule has 4 heterocycles. The predicted molar refractivity (Wildman–Crippen MR) is 265 cm³/mol. The van der Waals surface area contributed by atoms with Crippen LogP contribution in [-0.2, 0) is 15.8 Å². The first-order valence-corrected chi connectivity index (χ1v) is 25.3. The van der Waals surface area contributed by atoms with E-state index in [0.29, 0.717) is 41.4 Å². The van der Waals surface area contributed by atoms with E-state index in [-0.39, 0.29) is 68.1 Å². The van der Waals surface area contributed by atoms with Crippen LogP contribution in [0, 0.1) is 34.1 Å². The zero-order chi connectivity index (χ0) is 50.2. The maximum atomic E-state index is 13.9. The fourth-order valence-electron chi connectivity index (χ4n) is 8.45. The summed E-state index contributed by atoms with van der Waals surface area (Å²) in [5.41, 5.74) is 0.322. The van der Waals surface area contributed by atoms with Gasteiger partial charge in [0.1, 0.15) is 34.0 Å². The van der Waals surface area contributed by atoms with Gasteiger partial charge >= 0.3 is 5.56 Å². The number of aliphatic hydroxyl groups is 1. The van der Waals surface area contributed by atoms with Crippen LogP contribution in [-0.4, -0.2) is 122 Å². The summed E-state index contributed by atoms with van der Waals surface area (Å²) in [4.78, 5) is 31.8. The highest BCUT2D eigenvalue weighted by Crippen LogP contribution is 2.51. The Kier molecular flexibility index (Phi) is 18.5. The molecule has 4 aliphatic rings. The normalized spacial score (nSPS) is 17.3. The summed E-state index contributed by atoms with van der Waals surface area (Å²) in [6.07, 6.45) is 9.74. The number of aromatic nitrogens is 4. The molecule has 14 nitrogen and oxygen atoms in total. The van der Waals surface area contributed by atoms with Crippen LogP contribution in [0.15, 0.2) is 88.7 Å². The minimum absolute atomic E-state index is 0. The molecule has 2 aromatic heterocycles. The van der Waals surface area contributed by atoms with E-state index in [1.165, 1.54) is 36.0 Å². The van der Waals surface area contributed by atoms with Crippen LogP contribution >= 0.6 is 11.6 Å². The number of halogens is 6. The predicted octanol–water partition coefficient (Wildman–Crippen LogP) is 7.79. The maximum Gasteiger partial charge on any atom is 0.316 e. The quantitative estimate of drug-likeness (QED) is 0.103. The molecule has 5 aromatic rings. The number of rotatable bonds is 15. The third kappa shape index (κ3) is 14.0. The third-order valence-corrected chi connectivity index (χ3v) is 15.7. The number of likely N-dealkylation sites (N-methyl/N-ethyl adjacent to an activating group) is 1. The summed E-state index contributed by atoms with van der Waals surface area (Å²) >= 11 is 6.18. The summed E-state index contributed by atoms with van der Waals surface area (Å²) in [7, 11) is -1.53. The SMILES string of the molecule is C.CCC1(CCO)CC1.CN1CCN(c2cnn(-c3cc(F)cc(F)c3)c(=O)c2Cl)CC1.O=c1c(OCCC2(CF)CC2)c(N2CCN(S(=O)(=O)Cc3ccccc3)CC2)cnn1-c1cc(F)cc(F)c1. The molecule has 0 atom stereocenters. The molecule has 0 spiro atoms. The minimum Gasteiger partial charge on any atom is -0.486 e. The molecule has 2 aliphatic heterocycles. The standard InChI is InChI=1S/C27H29F3N4O4S.C15H15ClF2N4O.C7H14O.CH4/c28-19-27(6-7-27)8-13-38-25-24(17-31-34(26(25)35)23-15-21(29)14-22(30)16-23)32-9-11-33(12-10-32)39(36,37)18-20-4-2-1-3-5-20;1-20-2-4-21(5-3-20)13-9-19-22(15(23)14(13)16)12-7-10(17)6-11(18)8-12;1-2-7(3-4-7)5-6-8;/h1-5,14-17H,6-13,18-19H2;6-9H,2-5H2,1H3;8H,2-6H2,1H3;1H4. The third-order valence-electron chi connectivity index (χ3n) is 13.5. The van der Waals surface area contributed by atoms with Gasteiger partial charge in [0.25, 0.3) is 5.56 Å². The largest absolute Gasteiger partial charge is 0.486 e. The molecule has 0 unspecified atom stereocenters. The number of benzene rings is 3. The molecule has 1 N–H and O–H groups in total. The van der Waals surface area contributed by atoms with Crippen molar-refractivity contribution in [1.82, 2.24) is 28.8 Å². The Bertz CT molecular complexity index is 2780. The van der Waals surface area contributed by atoms with E-state index in [2.05, 4.69) is 22.0 Å². The average molecular weight is 1030 g/mol. The molecule has 21 heteroatoms. The van der Waals surface area contributed by atoms with Crippen LogP contribution in [0.2, 0.25) is 5.02 Å². The topological polar surface area (TPSA) is 146 Å². The van der Waals surface area contributed by atoms with Crippen molar-refractivity contribution in [3.8, 4) is 17.1 Å². The van der Waals surface area contributed by atoms with E-state index >= 15 is 0 Å². The van der Waals surface area contributed by atoms with Crippen molar-refractivity contribution < 1.29 is 40.2 Å². The van der Waals surface area contributed by atoms with Gasteiger partial charge in [-0.25, -0.2) is 26.0 Å². The van der Waals surface area contributed by atoms with E-state index in [1.807, 2.05) is 18.0 Å². The van der Waals surface area contributed by atoms with Crippen LogP contribution < -0.4 is 25.7 Å². The highest BCUT2D eigenvalue weighted by atomic mass is 35.5. The molecular weight excluding hydrogens is 971 g/mol. The van der Waals surface area contributed by atoms with E-state index < -0.39 is 56.5 Å². The summed E-state index contributed by atoms with van der Waals surface area (Å²) in [5, 5.41) is 16.7. The van der Waals surface area contributed by atoms with Crippen molar-refractivity contribution in [1.29, 1.82) is 0 Å². The first-order chi connectivity index (χ1) is 33.5. The van der Waals surface area contributed by atoms with Crippen molar-refractivity contribution >= 4 is 33.0 Å². The van der Waals surface area contributed by atoms with Gasteiger partial charge < -0.3 is 24.5 Å². The van der Waals surface area contributed by atoms with Crippen LogP contribution in [0.5, 0.6) is 5.75 Å². The Labute approximate surface area is 416 Å². The first-order valence-electron chi connectivity index (χ1n) is 23.3. The van der Waals surface area contributed by atoms with Crippen LogP contribution in [0.25, 0.3) is 11.4 Å². The molecule has 2 saturated heterocycles. The van der Waals surface area contributed by atoms with Gasteiger partial charge in [-0.05, 0) is 80.8 Å². The molecule has 0 amide bonds. The molecule has 0 radical (unpaired) electrons. The second kappa shape index (κ2) is 23.9. The number of nitrogens with zero attached hydrogens (tertiary/aromatic N) is 8. The monoisotopic (exact) mass is 1030 g/mol. The number of aliphatic hydroxyl groups excluding tert-OH is 1. The zero-order valence-electron chi connectivity index (χ0n) is 39.2. The molecule has 3 aromatic carbocycles. The van der Waals surface area contributed by atoms with Gasteiger partial charge in [-0.2, -0.15) is 23.9 Å². The number of hydrogen-bond donors (Lipinski definition) is 1. The number of piperazine rings is 2. The number of sulfonamides is 1. The summed E-state index contributed by atoms with van der Waals surface area (Å²) in [6, 6.07) is 14.4. The number of anilines is 2. The molecule has 2 saturated carbocycles. The van der Waals surface area contributed by atoms with Crippen LogP contribution in [0.3, 0.4) is 0 Å². The highest BCUT2D eigenvalue weighted by molar-refractivity contribution is 7.88. The molecular formula is C50H62ClF5N8O6S. The van der Waals surface area contributed by atoms with E-state index in [0.717, 1.165) is 85.1 Å². The molecule has 386 valence electrons. The number of ether oxygens (including phenoxy) is 1. The fraction of sp³-hybridized carbons (Fsp3) is 0.480. The Morgan fingerprint density at radius 3 is 1.68 bits per heavy atom. The van der Waals surface area contributed by atoms with Gasteiger partial charge in [0.05, 0.1) is 48.5 Å². The Hall–Kier alpha value is -5.41. The van der Waals surface area contributed by atoms with Gasteiger partial charge in [-0.1, -0.05) is 62.7 Å².